The maximum absolute atomic E-state index is 0. The zero-order chi connectivity index (χ0) is 0. The van der Waals surface area contributed by atoms with E-state index in [1.54, 1.807) is 0 Å². The second-order valence-corrected chi connectivity index (χ2v) is 0. The summed E-state index contributed by atoms with van der Waals surface area (Å²) in [5, 5.41) is 0. The Labute approximate surface area is 154 Å². The minimum absolute atomic E-state index is 0. The fourth-order valence-electron chi connectivity index (χ4n) is 0. The van der Waals surface area contributed by atoms with Crippen molar-refractivity contribution in [3.05, 3.63) is 0 Å². The van der Waals surface area contributed by atoms with Crippen LogP contribution in [0.25, 0.3) is 0 Å². The predicted molar refractivity (Wildman–Crippen MR) is 21.7 cm³/mol. The van der Waals surface area contributed by atoms with Crippen LogP contribution in [0.5, 0.6) is 0 Å². The van der Waals surface area contributed by atoms with Crippen LogP contribution < -0.4 is 0 Å². The van der Waals surface area contributed by atoms with Crippen molar-refractivity contribution in [2.75, 3.05) is 0 Å². The third-order valence-corrected chi connectivity index (χ3v) is 0. The number of hydrogen-bond acceptors (Lipinski definition) is 0. The molecule has 0 unspecified atom stereocenters. The molecule has 0 heterocycles. The molecule has 0 rings (SSSR count). The maximum atomic E-state index is 0. The van der Waals surface area contributed by atoms with Crippen LogP contribution >= 0.6 is 37.2 Å². The average Bonchev–Trinajstić information content (AvgIpc) is 0. The van der Waals surface area contributed by atoms with E-state index in [4.69, 9.17) is 0 Å². The molecule has 0 amide bonds. The Balaban J connectivity index is 0. The van der Waals surface area contributed by atoms with E-state index < -0.39 is 0 Å². The van der Waals surface area contributed by atoms with Gasteiger partial charge in [0.2, 0.25) is 0 Å². The first-order valence-electron chi connectivity index (χ1n) is 0. The fraction of sp³-hybridized carbons (Fsp3) is 0. The summed E-state index contributed by atoms with van der Waals surface area (Å²) in [6, 6.07) is 0. The molecule has 0 aromatic heterocycles. The van der Waals surface area contributed by atoms with Crippen LogP contribution in [0, 0.1) is 121 Å². The standard InChI is InChI=1S/3ClH.Er.Tm.Yb/h3*1H;;;. The molecule has 6 heavy (non-hydrogen) atoms. The molecule has 0 spiro atoms. The molecule has 0 atom stereocenters. The maximum Gasteiger partial charge on any atom is 0 e. The summed E-state index contributed by atoms with van der Waals surface area (Å²) in [5.41, 5.74) is 0. The second-order valence-electron chi connectivity index (χ2n) is 0. The summed E-state index contributed by atoms with van der Waals surface area (Å²) in [4.78, 5) is 0. The molecule has 0 aromatic carbocycles. The SMILES string of the molecule is Cl.Cl.Cl.[Er].[Tm].[Yb]. The summed E-state index contributed by atoms with van der Waals surface area (Å²) in [6.45, 7) is 0. The normalized spacial score (nSPS) is 0. The van der Waals surface area contributed by atoms with Crippen LogP contribution in [0.3, 0.4) is 0 Å². The van der Waals surface area contributed by atoms with Gasteiger partial charge in [-0.2, -0.15) is 0 Å². The van der Waals surface area contributed by atoms with E-state index in [2.05, 4.69) is 0 Å². The average molecular weight is 619 g/mol. The summed E-state index contributed by atoms with van der Waals surface area (Å²) in [7, 11) is 0. The first-order chi connectivity index (χ1) is 0. The van der Waals surface area contributed by atoms with Gasteiger partial charge in [-0.3, -0.25) is 0 Å². The third-order valence-electron chi connectivity index (χ3n) is 0. The van der Waals surface area contributed by atoms with Gasteiger partial charge in [0, 0.05) is 121 Å². The van der Waals surface area contributed by atoms with E-state index in [0.29, 0.717) is 0 Å². The van der Waals surface area contributed by atoms with Crippen molar-refractivity contribution in [1.29, 1.82) is 0 Å². The zero-order valence-corrected chi connectivity index (χ0v) is 9.85. The zero-order valence-electron chi connectivity index (χ0n) is 2.06. The summed E-state index contributed by atoms with van der Waals surface area (Å²) in [6.07, 6.45) is 0. The van der Waals surface area contributed by atoms with Gasteiger partial charge in [-0.05, 0) is 0 Å². The van der Waals surface area contributed by atoms with Gasteiger partial charge in [0.05, 0.1) is 0 Å². The summed E-state index contributed by atoms with van der Waals surface area (Å²) in [5.74, 6) is 0. The van der Waals surface area contributed by atoms with Gasteiger partial charge in [0.15, 0.2) is 0 Å². The van der Waals surface area contributed by atoms with Crippen molar-refractivity contribution in [2.45, 2.75) is 0 Å². The molecule has 1 radical (unpaired) electrons. The molecule has 0 nitrogen and oxygen atoms in total. The summed E-state index contributed by atoms with van der Waals surface area (Å²) >= 11 is 0. The smallest absolute Gasteiger partial charge is 0 e. The second kappa shape index (κ2) is 32.7. The molecule has 0 saturated carbocycles. The monoisotopic (exact) mass is 617 g/mol. The first-order valence-corrected chi connectivity index (χ1v) is 0. The van der Waals surface area contributed by atoms with E-state index in [1.165, 1.54) is 0 Å². The topological polar surface area (TPSA) is 0 Å². The molecule has 63 valence electrons. The van der Waals surface area contributed by atoms with Gasteiger partial charge in [-0.25, -0.2) is 0 Å². The Morgan fingerprint density at radius 2 is 0.667 bits per heavy atom. The van der Waals surface area contributed by atoms with Gasteiger partial charge >= 0.3 is 0 Å². The molecule has 0 saturated heterocycles. The third kappa shape index (κ3) is 23.2. The van der Waals surface area contributed by atoms with Crippen molar-refractivity contribution in [2.24, 2.45) is 0 Å². The van der Waals surface area contributed by atoms with E-state index in [0.717, 1.165) is 0 Å². The molecular formula is H3Cl3ErTmYb. The minimum Gasteiger partial charge on any atom is -0.147 e. The number of hydrogen-bond donors (Lipinski definition) is 0. The van der Waals surface area contributed by atoms with Crippen LogP contribution in [0.2, 0.25) is 0 Å². The van der Waals surface area contributed by atoms with Crippen molar-refractivity contribution in [3.8, 4) is 0 Å². The van der Waals surface area contributed by atoms with Crippen molar-refractivity contribution in [3.63, 3.8) is 0 Å². The molecule has 0 fully saturated rings. The molecular weight excluding hydrogens is 616 g/mol. The quantitative estimate of drug-likeness (QED) is 0.384. The van der Waals surface area contributed by atoms with Gasteiger partial charge in [0.1, 0.15) is 0 Å². The van der Waals surface area contributed by atoms with Gasteiger partial charge < -0.3 is 0 Å². The molecule has 0 aliphatic carbocycles. The van der Waals surface area contributed by atoms with Gasteiger partial charge in [-0.15, -0.1) is 37.2 Å². The Hall–Kier alpha value is 4.87. The Morgan fingerprint density at radius 3 is 0.667 bits per heavy atom. The van der Waals surface area contributed by atoms with Crippen LogP contribution in [0.1, 0.15) is 0 Å². The van der Waals surface area contributed by atoms with Crippen molar-refractivity contribution < 1.29 is 121 Å². The number of halogens is 3. The molecule has 0 bridgehead atoms. The first kappa shape index (κ1) is 44.6. The molecule has 6 heteroatoms. The minimum atomic E-state index is 0. The van der Waals surface area contributed by atoms with E-state index in [-0.39, 0.29) is 158 Å². The Morgan fingerprint density at radius 1 is 0.667 bits per heavy atom. The van der Waals surface area contributed by atoms with Crippen LogP contribution in [-0.2, 0) is 0 Å². The van der Waals surface area contributed by atoms with E-state index >= 15 is 0 Å². The Bertz CT molecular complexity index is 10.8. The molecule has 0 aliphatic rings. The number of rotatable bonds is 0. The molecule has 0 aromatic rings. The van der Waals surface area contributed by atoms with E-state index in [1.807, 2.05) is 0 Å². The van der Waals surface area contributed by atoms with Crippen LogP contribution in [-0.4, -0.2) is 0 Å². The van der Waals surface area contributed by atoms with Crippen LogP contribution in [0.4, 0.5) is 0 Å². The van der Waals surface area contributed by atoms with Crippen molar-refractivity contribution in [1.82, 2.24) is 0 Å². The van der Waals surface area contributed by atoms with Crippen LogP contribution in [0.15, 0.2) is 0 Å². The predicted octanol–water partition coefficient (Wildman–Crippen LogP) is 1.27. The Kier molecular flexibility index (Phi) is 244. The molecule has 0 aliphatic heterocycles. The largest absolute Gasteiger partial charge is 0.147 e. The fourth-order valence-corrected chi connectivity index (χ4v) is 0. The van der Waals surface area contributed by atoms with Gasteiger partial charge in [-0.1, -0.05) is 0 Å². The van der Waals surface area contributed by atoms with Crippen molar-refractivity contribution >= 4 is 37.2 Å². The van der Waals surface area contributed by atoms with E-state index in [9.17, 15) is 0 Å². The van der Waals surface area contributed by atoms with Gasteiger partial charge in [0.25, 0.3) is 0 Å². The molecule has 0 N–H and O–H groups in total. The summed E-state index contributed by atoms with van der Waals surface area (Å²) < 4.78 is 0.